The van der Waals surface area contributed by atoms with Crippen LogP contribution < -0.4 is 10.6 Å². The molecule has 0 saturated heterocycles. The fourth-order valence-electron chi connectivity index (χ4n) is 1.95. The van der Waals surface area contributed by atoms with Gasteiger partial charge in [-0.2, -0.15) is 0 Å². The van der Waals surface area contributed by atoms with Crippen LogP contribution in [0.4, 0.5) is 10.5 Å². The first-order valence-electron chi connectivity index (χ1n) is 7.81. The average Bonchev–Trinajstić information content (AvgIpc) is 2.34. The van der Waals surface area contributed by atoms with Crippen LogP contribution in [-0.4, -0.2) is 24.3 Å². The Balaban J connectivity index is 2.45. The lowest BCUT2D eigenvalue weighted by molar-refractivity contribution is 0.0526. The van der Waals surface area contributed by atoms with Gasteiger partial charge in [0, 0.05) is 18.3 Å². The molecule has 4 nitrogen and oxygen atoms in total. The quantitative estimate of drug-likeness (QED) is 0.871. The van der Waals surface area contributed by atoms with Crippen LogP contribution >= 0.6 is 0 Å². The summed E-state index contributed by atoms with van der Waals surface area (Å²) in [5.74, 6) is 0. The minimum atomic E-state index is -0.469. The van der Waals surface area contributed by atoms with Gasteiger partial charge in [0.1, 0.15) is 5.60 Å². The second-order valence-corrected chi connectivity index (χ2v) is 7.76. The predicted molar refractivity (Wildman–Crippen MR) is 92.5 cm³/mol. The summed E-state index contributed by atoms with van der Waals surface area (Å²) >= 11 is 0. The van der Waals surface area contributed by atoms with Gasteiger partial charge in [0.15, 0.2) is 0 Å². The third-order valence-corrected chi connectivity index (χ3v) is 3.12. The minimum absolute atomic E-state index is 0.119. The Kier molecular flexibility index (Phi) is 5.86. The van der Waals surface area contributed by atoms with Crippen LogP contribution in [0.3, 0.4) is 0 Å². The van der Waals surface area contributed by atoms with Crippen LogP contribution in [0.5, 0.6) is 0 Å². The Hall–Kier alpha value is -1.71. The van der Waals surface area contributed by atoms with Gasteiger partial charge in [-0.25, -0.2) is 4.79 Å². The van der Waals surface area contributed by atoms with Gasteiger partial charge in [0.2, 0.25) is 0 Å². The summed E-state index contributed by atoms with van der Waals surface area (Å²) in [4.78, 5) is 11.6. The molecule has 0 saturated carbocycles. The lowest BCUT2D eigenvalue weighted by Gasteiger charge is -2.22. The van der Waals surface area contributed by atoms with Gasteiger partial charge in [0.05, 0.1) is 0 Å². The first kappa shape index (κ1) is 18.3. The summed E-state index contributed by atoms with van der Waals surface area (Å²) in [6.07, 6.45) is -0.385. The summed E-state index contributed by atoms with van der Waals surface area (Å²) in [7, 11) is 0. The molecule has 0 aliphatic heterocycles. The van der Waals surface area contributed by atoms with Crippen LogP contribution in [0.1, 0.15) is 54.0 Å². The highest BCUT2D eigenvalue weighted by atomic mass is 16.6. The number of carbonyl (C=O) groups is 1. The maximum absolute atomic E-state index is 11.6. The van der Waals surface area contributed by atoms with E-state index in [4.69, 9.17) is 4.74 Å². The molecule has 1 aromatic rings. The van der Waals surface area contributed by atoms with E-state index >= 15 is 0 Å². The van der Waals surface area contributed by atoms with E-state index in [0.717, 1.165) is 5.69 Å². The molecule has 0 aliphatic rings. The number of ether oxygens (including phenoxy) is 1. The van der Waals surface area contributed by atoms with Crippen LogP contribution in [0.15, 0.2) is 24.3 Å². The summed E-state index contributed by atoms with van der Waals surface area (Å²) in [5.41, 5.74) is 2.04. The van der Waals surface area contributed by atoms with E-state index < -0.39 is 5.60 Å². The van der Waals surface area contributed by atoms with E-state index in [2.05, 4.69) is 55.7 Å². The fraction of sp³-hybridized carbons (Fsp3) is 0.611. The van der Waals surface area contributed by atoms with Gasteiger partial charge in [0.25, 0.3) is 0 Å². The van der Waals surface area contributed by atoms with Crippen molar-refractivity contribution < 1.29 is 9.53 Å². The van der Waals surface area contributed by atoms with E-state index in [1.807, 2.05) is 27.7 Å². The Bertz CT molecular complexity index is 481. The van der Waals surface area contributed by atoms with Crippen LogP contribution in [-0.2, 0) is 10.2 Å². The first-order valence-corrected chi connectivity index (χ1v) is 7.81. The summed E-state index contributed by atoms with van der Waals surface area (Å²) in [6.45, 7) is 14.7. The molecule has 0 aromatic heterocycles. The fourth-order valence-corrected chi connectivity index (χ4v) is 1.95. The van der Waals surface area contributed by atoms with Crippen molar-refractivity contribution in [1.29, 1.82) is 0 Å². The molecule has 124 valence electrons. The SMILES string of the molecule is CC(CNC(=O)OC(C)(C)C)Nc1ccc(C(C)(C)C)cc1. The van der Waals surface area contributed by atoms with Crippen LogP contribution in [0.25, 0.3) is 0 Å². The standard InChI is InChI=1S/C18H30N2O2/c1-13(12-19-16(21)22-18(5,6)7)20-15-10-8-14(9-11-15)17(2,3)4/h8-11,13,20H,12H2,1-7H3,(H,19,21). The molecular formula is C18H30N2O2. The summed E-state index contributed by atoms with van der Waals surface area (Å²) in [5, 5.41) is 6.14. The third-order valence-electron chi connectivity index (χ3n) is 3.12. The van der Waals surface area contributed by atoms with Gasteiger partial charge >= 0.3 is 6.09 Å². The van der Waals surface area contributed by atoms with Gasteiger partial charge < -0.3 is 15.4 Å². The van der Waals surface area contributed by atoms with Crippen molar-refractivity contribution in [3.05, 3.63) is 29.8 Å². The van der Waals surface area contributed by atoms with Crippen molar-refractivity contribution in [2.24, 2.45) is 0 Å². The van der Waals surface area contributed by atoms with Crippen molar-refractivity contribution >= 4 is 11.8 Å². The van der Waals surface area contributed by atoms with E-state index in [-0.39, 0.29) is 17.6 Å². The van der Waals surface area contributed by atoms with Gasteiger partial charge in [-0.15, -0.1) is 0 Å². The highest BCUT2D eigenvalue weighted by molar-refractivity contribution is 5.67. The Labute approximate surface area is 134 Å². The van der Waals surface area contributed by atoms with Crippen molar-refractivity contribution in [3.63, 3.8) is 0 Å². The molecular weight excluding hydrogens is 276 g/mol. The van der Waals surface area contributed by atoms with Gasteiger partial charge in [-0.1, -0.05) is 32.9 Å². The molecule has 0 aliphatic carbocycles. The average molecular weight is 306 g/mol. The molecule has 0 spiro atoms. The summed E-state index contributed by atoms with van der Waals surface area (Å²) < 4.78 is 5.21. The highest BCUT2D eigenvalue weighted by Gasteiger charge is 2.16. The Morgan fingerprint density at radius 3 is 2.09 bits per heavy atom. The zero-order valence-corrected chi connectivity index (χ0v) is 14.9. The minimum Gasteiger partial charge on any atom is -0.444 e. The normalized spacial score (nSPS) is 13.4. The number of carbonyl (C=O) groups excluding carboxylic acids is 1. The maximum Gasteiger partial charge on any atom is 0.407 e. The number of anilines is 1. The van der Waals surface area contributed by atoms with Gasteiger partial charge in [-0.3, -0.25) is 0 Å². The molecule has 1 rings (SSSR count). The molecule has 1 atom stereocenters. The van der Waals surface area contributed by atoms with Crippen molar-refractivity contribution in [1.82, 2.24) is 5.32 Å². The molecule has 0 radical (unpaired) electrons. The smallest absolute Gasteiger partial charge is 0.407 e. The zero-order chi connectivity index (χ0) is 17.0. The molecule has 0 bridgehead atoms. The lowest BCUT2D eigenvalue weighted by Crippen LogP contribution is -2.38. The van der Waals surface area contributed by atoms with E-state index in [0.29, 0.717) is 6.54 Å². The third kappa shape index (κ3) is 6.83. The molecule has 1 unspecified atom stereocenters. The van der Waals surface area contributed by atoms with Crippen LogP contribution in [0, 0.1) is 0 Å². The second kappa shape index (κ2) is 7.03. The largest absolute Gasteiger partial charge is 0.444 e. The number of alkyl carbamates (subject to hydrolysis) is 1. The molecule has 0 fully saturated rings. The van der Waals surface area contributed by atoms with Crippen molar-refractivity contribution in [3.8, 4) is 0 Å². The van der Waals surface area contributed by atoms with Crippen molar-refractivity contribution in [2.45, 2.75) is 65.5 Å². The monoisotopic (exact) mass is 306 g/mol. The number of hydrogen-bond donors (Lipinski definition) is 2. The number of amides is 1. The topological polar surface area (TPSA) is 50.4 Å². The van der Waals surface area contributed by atoms with Gasteiger partial charge in [-0.05, 0) is 50.8 Å². The second-order valence-electron chi connectivity index (χ2n) is 7.76. The first-order chi connectivity index (χ1) is 9.97. The molecule has 0 heterocycles. The Morgan fingerprint density at radius 2 is 1.64 bits per heavy atom. The highest BCUT2D eigenvalue weighted by Crippen LogP contribution is 2.23. The van der Waals surface area contributed by atoms with E-state index in [9.17, 15) is 4.79 Å². The molecule has 1 aromatic carbocycles. The lowest BCUT2D eigenvalue weighted by atomic mass is 9.87. The summed E-state index contributed by atoms with van der Waals surface area (Å²) in [6, 6.07) is 8.54. The predicted octanol–water partition coefficient (Wildman–Crippen LogP) is 4.31. The molecule has 4 heteroatoms. The molecule has 22 heavy (non-hydrogen) atoms. The Morgan fingerprint density at radius 1 is 1.09 bits per heavy atom. The molecule has 1 amide bonds. The maximum atomic E-state index is 11.6. The van der Waals surface area contributed by atoms with Crippen molar-refractivity contribution in [2.75, 3.05) is 11.9 Å². The zero-order valence-electron chi connectivity index (χ0n) is 14.9. The number of nitrogens with one attached hydrogen (secondary N) is 2. The number of rotatable bonds is 4. The molecule has 2 N–H and O–H groups in total. The van der Waals surface area contributed by atoms with E-state index in [1.165, 1.54) is 5.56 Å². The van der Waals surface area contributed by atoms with E-state index in [1.54, 1.807) is 0 Å². The number of benzene rings is 1. The number of hydrogen-bond acceptors (Lipinski definition) is 3. The van der Waals surface area contributed by atoms with Crippen LogP contribution in [0.2, 0.25) is 0 Å².